The van der Waals surface area contributed by atoms with E-state index >= 15 is 0 Å². The maximum atomic E-state index is 11.9. The Morgan fingerprint density at radius 1 is 1.39 bits per heavy atom. The molecule has 5 nitrogen and oxygen atoms in total. The second-order valence-corrected chi connectivity index (χ2v) is 5.17. The Labute approximate surface area is 108 Å². The molecule has 0 aromatic rings. The molecule has 0 spiro atoms. The second kappa shape index (κ2) is 5.89. The summed E-state index contributed by atoms with van der Waals surface area (Å²) in [6.45, 7) is 8.31. The molecule has 0 saturated carbocycles. The van der Waals surface area contributed by atoms with Crippen LogP contribution in [-0.4, -0.2) is 42.3 Å². The van der Waals surface area contributed by atoms with E-state index < -0.39 is 17.6 Å². The molecule has 0 radical (unpaired) electrons. The molecule has 1 heterocycles. The highest BCUT2D eigenvalue weighted by atomic mass is 16.6. The molecule has 0 aromatic heterocycles. The molecule has 0 saturated heterocycles. The van der Waals surface area contributed by atoms with Crippen LogP contribution in [0.2, 0.25) is 0 Å². The lowest BCUT2D eigenvalue weighted by molar-refractivity contribution is -0.146. The van der Waals surface area contributed by atoms with Gasteiger partial charge in [-0.3, -0.25) is 4.79 Å². The van der Waals surface area contributed by atoms with E-state index in [9.17, 15) is 9.59 Å². The van der Waals surface area contributed by atoms with E-state index in [1.165, 1.54) is 4.90 Å². The van der Waals surface area contributed by atoms with Crippen molar-refractivity contribution >= 4 is 12.1 Å². The van der Waals surface area contributed by atoms with E-state index in [2.05, 4.69) is 0 Å². The van der Waals surface area contributed by atoms with Crippen molar-refractivity contribution in [1.82, 2.24) is 4.90 Å². The summed E-state index contributed by atoms with van der Waals surface area (Å²) in [6, 6.07) is 0. The first-order valence-electron chi connectivity index (χ1n) is 6.14. The number of esters is 1. The smallest absolute Gasteiger partial charge is 0.410 e. The lowest BCUT2D eigenvalue weighted by atomic mass is 10.1. The molecule has 0 fully saturated rings. The van der Waals surface area contributed by atoms with E-state index in [0.29, 0.717) is 19.7 Å². The van der Waals surface area contributed by atoms with Gasteiger partial charge >= 0.3 is 12.1 Å². The summed E-state index contributed by atoms with van der Waals surface area (Å²) in [6.07, 6.45) is 3.16. The van der Waals surface area contributed by atoms with Crippen molar-refractivity contribution in [3.8, 4) is 0 Å². The molecular formula is C13H21NO4. The molecule has 1 aliphatic rings. The van der Waals surface area contributed by atoms with Crippen LogP contribution in [0.3, 0.4) is 0 Å². The molecule has 1 rings (SSSR count). The standard InChI is InChI=1S/C13H21NO4/c1-5-17-11(15)10-7-6-8-14(9-10)12(16)18-13(2,3)4/h6-7,10H,5,8-9H2,1-4H3. The van der Waals surface area contributed by atoms with Crippen LogP contribution < -0.4 is 0 Å². The highest BCUT2D eigenvalue weighted by molar-refractivity contribution is 5.77. The Bertz CT molecular complexity index is 343. The van der Waals surface area contributed by atoms with Gasteiger partial charge in [0.15, 0.2) is 0 Å². The van der Waals surface area contributed by atoms with E-state index in [1.807, 2.05) is 20.8 Å². The molecule has 0 aliphatic carbocycles. The van der Waals surface area contributed by atoms with E-state index in [0.717, 1.165) is 0 Å². The van der Waals surface area contributed by atoms with Gasteiger partial charge in [-0.05, 0) is 27.7 Å². The first kappa shape index (κ1) is 14.5. The minimum absolute atomic E-state index is 0.304. The predicted octanol–water partition coefficient (Wildman–Crippen LogP) is 1.97. The van der Waals surface area contributed by atoms with E-state index in [1.54, 1.807) is 19.1 Å². The fourth-order valence-electron chi connectivity index (χ4n) is 1.60. The monoisotopic (exact) mass is 255 g/mol. The van der Waals surface area contributed by atoms with Gasteiger partial charge < -0.3 is 14.4 Å². The summed E-state index contributed by atoms with van der Waals surface area (Å²) in [5.74, 6) is -0.701. The van der Waals surface area contributed by atoms with Crippen molar-refractivity contribution in [3.63, 3.8) is 0 Å². The number of carbonyl (C=O) groups is 2. The van der Waals surface area contributed by atoms with Gasteiger partial charge in [-0.15, -0.1) is 0 Å². The van der Waals surface area contributed by atoms with Gasteiger partial charge in [0.2, 0.25) is 0 Å². The number of nitrogens with zero attached hydrogens (tertiary/aromatic N) is 1. The normalized spacial score (nSPS) is 19.6. The van der Waals surface area contributed by atoms with Crippen molar-refractivity contribution in [2.75, 3.05) is 19.7 Å². The Morgan fingerprint density at radius 2 is 2.06 bits per heavy atom. The molecule has 18 heavy (non-hydrogen) atoms. The molecule has 1 atom stereocenters. The Balaban J connectivity index is 2.58. The second-order valence-electron chi connectivity index (χ2n) is 5.17. The largest absolute Gasteiger partial charge is 0.465 e. The topological polar surface area (TPSA) is 55.8 Å². The van der Waals surface area contributed by atoms with Crippen LogP contribution in [-0.2, 0) is 14.3 Å². The lowest BCUT2D eigenvalue weighted by Gasteiger charge is -2.30. The van der Waals surface area contributed by atoms with E-state index in [-0.39, 0.29) is 5.97 Å². The number of hydrogen-bond donors (Lipinski definition) is 0. The first-order valence-corrected chi connectivity index (χ1v) is 6.14. The summed E-state index contributed by atoms with van der Waals surface area (Å²) in [5.41, 5.74) is -0.530. The molecule has 1 aliphatic heterocycles. The zero-order chi connectivity index (χ0) is 13.8. The molecule has 1 unspecified atom stereocenters. The summed E-state index contributed by atoms with van der Waals surface area (Å²) in [7, 11) is 0. The van der Waals surface area contributed by atoms with Crippen LogP contribution in [0.25, 0.3) is 0 Å². The van der Waals surface area contributed by atoms with Crippen molar-refractivity contribution < 1.29 is 19.1 Å². The maximum Gasteiger partial charge on any atom is 0.410 e. The molecule has 0 bridgehead atoms. The van der Waals surface area contributed by atoms with Gasteiger partial charge in [0.05, 0.1) is 12.5 Å². The number of amides is 1. The Kier molecular flexibility index (Phi) is 4.76. The van der Waals surface area contributed by atoms with Gasteiger partial charge in [0.1, 0.15) is 5.60 Å². The number of rotatable bonds is 2. The summed E-state index contributed by atoms with van der Waals surface area (Å²) in [4.78, 5) is 25.0. The molecule has 0 N–H and O–H groups in total. The Morgan fingerprint density at radius 3 is 2.61 bits per heavy atom. The first-order chi connectivity index (χ1) is 8.33. The minimum Gasteiger partial charge on any atom is -0.465 e. The third-order valence-corrected chi connectivity index (χ3v) is 2.35. The van der Waals surface area contributed by atoms with Crippen LogP contribution >= 0.6 is 0 Å². The average Bonchev–Trinajstić information content (AvgIpc) is 2.27. The zero-order valence-corrected chi connectivity index (χ0v) is 11.4. The SMILES string of the molecule is CCOC(=O)C1C=CCN(C(=O)OC(C)(C)C)C1. The fraction of sp³-hybridized carbons (Fsp3) is 0.692. The van der Waals surface area contributed by atoms with Crippen molar-refractivity contribution in [2.24, 2.45) is 5.92 Å². The third kappa shape index (κ3) is 4.39. The fourth-order valence-corrected chi connectivity index (χ4v) is 1.60. The highest BCUT2D eigenvalue weighted by Gasteiger charge is 2.28. The zero-order valence-electron chi connectivity index (χ0n) is 11.4. The number of carbonyl (C=O) groups excluding carboxylic acids is 2. The molecule has 1 amide bonds. The summed E-state index contributed by atoms with van der Waals surface area (Å²) in [5, 5.41) is 0. The quantitative estimate of drug-likeness (QED) is 0.559. The Hall–Kier alpha value is -1.52. The molecule has 102 valence electrons. The van der Waals surface area contributed by atoms with Gasteiger partial charge in [-0.2, -0.15) is 0 Å². The van der Waals surface area contributed by atoms with Gasteiger partial charge in [-0.25, -0.2) is 4.79 Å². The number of hydrogen-bond acceptors (Lipinski definition) is 4. The van der Waals surface area contributed by atoms with Crippen molar-refractivity contribution in [3.05, 3.63) is 12.2 Å². The van der Waals surface area contributed by atoms with Crippen LogP contribution in [0.15, 0.2) is 12.2 Å². The summed E-state index contributed by atoms with van der Waals surface area (Å²) < 4.78 is 10.2. The number of ether oxygens (including phenoxy) is 2. The van der Waals surface area contributed by atoms with E-state index in [4.69, 9.17) is 9.47 Å². The lowest BCUT2D eigenvalue weighted by Crippen LogP contribution is -2.43. The minimum atomic E-state index is -0.530. The van der Waals surface area contributed by atoms with Crippen LogP contribution in [0, 0.1) is 5.92 Å². The van der Waals surface area contributed by atoms with Gasteiger partial charge in [0.25, 0.3) is 0 Å². The van der Waals surface area contributed by atoms with Crippen LogP contribution in [0.4, 0.5) is 4.79 Å². The van der Waals surface area contributed by atoms with Crippen molar-refractivity contribution in [1.29, 1.82) is 0 Å². The van der Waals surface area contributed by atoms with Gasteiger partial charge in [0, 0.05) is 13.1 Å². The van der Waals surface area contributed by atoms with Crippen LogP contribution in [0.5, 0.6) is 0 Å². The highest BCUT2D eigenvalue weighted by Crippen LogP contribution is 2.15. The summed E-state index contributed by atoms with van der Waals surface area (Å²) >= 11 is 0. The molecule has 5 heteroatoms. The third-order valence-electron chi connectivity index (χ3n) is 2.35. The molecular weight excluding hydrogens is 234 g/mol. The van der Waals surface area contributed by atoms with Crippen molar-refractivity contribution in [2.45, 2.75) is 33.3 Å². The predicted molar refractivity (Wildman–Crippen MR) is 67.1 cm³/mol. The maximum absolute atomic E-state index is 11.9. The average molecular weight is 255 g/mol. The van der Waals surface area contributed by atoms with Gasteiger partial charge in [-0.1, -0.05) is 12.2 Å². The molecule has 0 aromatic carbocycles. The van der Waals surface area contributed by atoms with Crippen LogP contribution in [0.1, 0.15) is 27.7 Å².